The first-order valence-corrected chi connectivity index (χ1v) is 8.15. The maximum absolute atomic E-state index is 14.6. The molecule has 116 valence electrons. The molecule has 1 aliphatic rings. The van der Waals surface area contributed by atoms with Gasteiger partial charge in [0.1, 0.15) is 4.99 Å². The Balaban J connectivity index is 2.26. The molecule has 0 atom stereocenters. The number of benzene rings is 1. The lowest BCUT2D eigenvalue weighted by Gasteiger charge is -2.49. The summed E-state index contributed by atoms with van der Waals surface area (Å²) < 4.78 is 14.9. The highest BCUT2D eigenvalue weighted by molar-refractivity contribution is 9.10. The quantitative estimate of drug-likeness (QED) is 0.803. The minimum atomic E-state index is -0.309. The van der Waals surface area contributed by atoms with Crippen LogP contribution in [0.1, 0.15) is 24.8 Å². The molecule has 0 bridgehead atoms. The third-order valence-electron chi connectivity index (χ3n) is 4.50. The zero-order chi connectivity index (χ0) is 15.8. The molecular weight excluding hydrogens is 353 g/mol. The Morgan fingerprint density at radius 2 is 2.00 bits per heavy atom. The lowest BCUT2D eigenvalue weighted by Crippen LogP contribution is -2.56. The first kappa shape index (κ1) is 16.6. The fourth-order valence-electron chi connectivity index (χ4n) is 2.88. The zero-order valence-corrected chi connectivity index (χ0v) is 15.0. The normalized spacial score (nSPS) is 16.7. The minimum Gasteiger partial charge on any atom is -0.389 e. The molecule has 1 aromatic carbocycles. The van der Waals surface area contributed by atoms with Crippen LogP contribution in [0, 0.1) is 5.82 Å². The summed E-state index contributed by atoms with van der Waals surface area (Å²) in [6, 6.07) is 3.51. The zero-order valence-electron chi connectivity index (χ0n) is 12.6. The largest absolute Gasteiger partial charge is 0.389 e. The highest BCUT2D eigenvalue weighted by atomic mass is 79.9. The van der Waals surface area contributed by atoms with Gasteiger partial charge < -0.3 is 15.5 Å². The van der Waals surface area contributed by atoms with E-state index in [4.69, 9.17) is 18.0 Å². The van der Waals surface area contributed by atoms with Crippen LogP contribution in [-0.2, 0) is 0 Å². The van der Waals surface area contributed by atoms with E-state index in [-0.39, 0.29) is 16.3 Å². The van der Waals surface area contributed by atoms with Crippen molar-refractivity contribution in [1.29, 1.82) is 0 Å². The number of nitrogens with two attached hydrogens (primary N) is 1. The number of thiocarbonyl (C=S) groups is 1. The van der Waals surface area contributed by atoms with Gasteiger partial charge in [-0.1, -0.05) is 12.2 Å². The Kier molecular flexibility index (Phi) is 4.90. The predicted octanol–water partition coefficient (Wildman–Crippen LogP) is 3.14. The third-order valence-corrected chi connectivity index (χ3v) is 5.50. The summed E-state index contributed by atoms with van der Waals surface area (Å²) in [6.45, 7) is 0.801. The van der Waals surface area contributed by atoms with E-state index in [0.29, 0.717) is 15.7 Å². The number of likely N-dealkylation sites (N-methyl/N-ethyl adjacent to an activating group) is 2. The van der Waals surface area contributed by atoms with Gasteiger partial charge in [0.25, 0.3) is 0 Å². The summed E-state index contributed by atoms with van der Waals surface area (Å²) in [6.07, 6.45) is 3.54. The van der Waals surface area contributed by atoms with Crippen LogP contribution >= 0.6 is 28.1 Å². The number of hydrogen-bond acceptors (Lipinski definition) is 3. The molecule has 0 aromatic heterocycles. The van der Waals surface area contributed by atoms with E-state index in [1.54, 1.807) is 12.1 Å². The van der Waals surface area contributed by atoms with Gasteiger partial charge in [-0.05, 0) is 61.4 Å². The molecule has 3 nitrogen and oxygen atoms in total. The Morgan fingerprint density at radius 1 is 1.38 bits per heavy atom. The van der Waals surface area contributed by atoms with Crippen LogP contribution in [0.15, 0.2) is 16.6 Å². The van der Waals surface area contributed by atoms with Crippen LogP contribution in [0.5, 0.6) is 0 Å². The van der Waals surface area contributed by atoms with Gasteiger partial charge in [-0.25, -0.2) is 4.39 Å². The standard InChI is InChI=1S/C15H21BrFN3S/c1-19(2)15(7-4-8-15)9-20(3)11-6-5-10(14(18)21)12(16)13(11)17/h5-6H,4,7-9H2,1-3H3,(H2,18,21). The molecule has 6 heteroatoms. The second-order valence-corrected chi connectivity index (χ2v) is 7.19. The van der Waals surface area contributed by atoms with Crippen molar-refractivity contribution in [3.05, 3.63) is 28.0 Å². The average Bonchev–Trinajstić information content (AvgIpc) is 2.35. The maximum atomic E-state index is 14.6. The summed E-state index contributed by atoms with van der Waals surface area (Å²) >= 11 is 8.19. The third kappa shape index (κ3) is 3.07. The van der Waals surface area contributed by atoms with Gasteiger partial charge >= 0.3 is 0 Å². The molecule has 0 unspecified atom stereocenters. The Bertz CT molecular complexity index is 558. The van der Waals surface area contributed by atoms with Crippen LogP contribution in [-0.4, -0.2) is 43.1 Å². The summed E-state index contributed by atoms with van der Waals surface area (Å²) in [5.74, 6) is -0.309. The van der Waals surface area contributed by atoms with Crippen molar-refractivity contribution in [3.63, 3.8) is 0 Å². The lowest BCUT2D eigenvalue weighted by atomic mass is 9.75. The first-order valence-electron chi connectivity index (χ1n) is 6.95. The van der Waals surface area contributed by atoms with E-state index in [1.165, 1.54) is 6.42 Å². The van der Waals surface area contributed by atoms with Crippen LogP contribution in [0.25, 0.3) is 0 Å². The summed E-state index contributed by atoms with van der Waals surface area (Å²) in [7, 11) is 6.11. The molecule has 0 radical (unpaired) electrons. The molecule has 0 heterocycles. The average molecular weight is 374 g/mol. The molecular formula is C15H21BrFN3S. The van der Waals surface area contributed by atoms with E-state index < -0.39 is 0 Å². The second kappa shape index (κ2) is 6.18. The van der Waals surface area contributed by atoms with Crippen molar-refractivity contribution >= 4 is 38.8 Å². The van der Waals surface area contributed by atoms with Gasteiger partial charge in [0.2, 0.25) is 0 Å². The van der Waals surface area contributed by atoms with Crippen LogP contribution in [0.2, 0.25) is 0 Å². The number of nitrogens with zero attached hydrogens (tertiary/aromatic N) is 2. The van der Waals surface area contributed by atoms with E-state index >= 15 is 0 Å². The van der Waals surface area contributed by atoms with Crippen molar-refractivity contribution in [2.45, 2.75) is 24.8 Å². The number of halogens is 2. The topological polar surface area (TPSA) is 32.5 Å². The summed E-state index contributed by atoms with van der Waals surface area (Å²) in [5.41, 5.74) is 6.84. The molecule has 21 heavy (non-hydrogen) atoms. The SMILES string of the molecule is CN(CC1(N(C)C)CCC1)c1ccc(C(N)=S)c(Br)c1F. The lowest BCUT2D eigenvalue weighted by molar-refractivity contribution is 0.0682. The van der Waals surface area contributed by atoms with Gasteiger partial charge in [0.05, 0.1) is 10.2 Å². The maximum Gasteiger partial charge on any atom is 0.161 e. The van der Waals surface area contributed by atoms with Crippen molar-refractivity contribution in [2.24, 2.45) is 5.73 Å². The van der Waals surface area contributed by atoms with Crippen molar-refractivity contribution in [3.8, 4) is 0 Å². The molecule has 1 aromatic rings. The Morgan fingerprint density at radius 3 is 2.43 bits per heavy atom. The van der Waals surface area contributed by atoms with Gasteiger partial charge in [0, 0.05) is 24.7 Å². The Labute approximate surface area is 139 Å². The number of anilines is 1. The molecule has 0 spiro atoms. The molecule has 0 saturated heterocycles. The molecule has 1 aliphatic carbocycles. The number of hydrogen-bond donors (Lipinski definition) is 1. The highest BCUT2D eigenvalue weighted by Crippen LogP contribution is 2.38. The molecule has 2 N–H and O–H groups in total. The van der Waals surface area contributed by atoms with E-state index in [9.17, 15) is 4.39 Å². The monoisotopic (exact) mass is 373 g/mol. The first-order chi connectivity index (χ1) is 9.78. The van der Waals surface area contributed by atoms with E-state index in [2.05, 4.69) is 34.9 Å². The van der Waals surface area contributed by atoms with Gasteiger partial charge in [-0.3, -0.25) is 0 Å². The van der Waals surface area contributed by atoms with Gasteiger partial charge in [-0.2, -0.15) is 0 Å². The van der Waals surface area contributed by atoms with Crippen molar-refractivity contribution in [1.82, 2.24) is 4.90 Å². The van der Waals surface area contributed by atoms with Crippen LogP contribution < -0.4 is 10.6 Å². The van der Waals surface area contributed by atoms with Gasteiger partial charge in [-0.15, -0.1) is 0 Å². The molecule has 0 amide bonds. The Hall–Kier alpha value is -0.720. The number of rotatable bonds is 5. The van der Waals surface area contributed by atoms with E-state index in [0.717, 1.165) is 19.4 Å². The highest BCUT2D eigenvalue weighted by Gasteiger charge is 2.40. The molecule has 2 rings (SSSR count). The molecule has 1 fully saturated rings. The smallest absolute Gasteiger partial charge is 0.161 e. The van der Waals surface area contributed by atoms with Gasteiger partial charge in [0.15, 0.2) is 5.82 Å². The summed E-state index contributed by atoms with van der Waals surface area (Å²) in [5, 5.41) is 0. The molecule has 0 aliphatic heterocycles. The molecule has 1 saturated carbocycles. The van der Waals surface area contributed by atoms with Crippen LogP contribution in [0.3, 0.4) is 0 Å². The van der Waals surface area contributed by atoms with Crippen molar-refractivity contribution < 1.29 is 4.39 Å². The fraction of sp³-hybridized carbons (Fsp3) is 0.533. The minimum absolute atomic E-state index is 0.148. The van der Waals surface area contributed by atoms with Crippen molar-refractivity contribution in [2.75, 3.05) is 32.6 Å². The van der Waals surface area contributed by atoms with Crippen LogP contribution in [0.4, 0.5) is 10.1 Å². The predicted molar refractivity (Wildman–Crippen MR) is 93.5 cm³/mol. The van der Waals surface area contributed by atoms with E-state index in [1.807, 2.05) is 11.9 Å². The summed E-state index contributed by atoms with van der Waals surface area (Å²) in [4.78, 5) is 4.42. The second-order valence-electron chi connectivity index (χ2n) is 5.95. The fourth-order valence-corrected chi connectivity index (χ4v) is 3.73.